The molecule has 0 saturated heterocycles. The van der Waals surface area contributed by atoms with Gasteiger partial charge in [-0.2, -0.15) is 0 Å². The first-order valence-corrected chi connectivity index (χ1v) is 7.96. The van der Waals surface area contributed by atoms with Gasteiger partial charge in [-0.15, -0.1) is 0 Å². The summed E-state index contributed by atoms with van der Waals surface area (Å²) in [7, 11) is 0. The van der Waals surface area contributed by atoms with Gasteiger partial charge in [-0.25, -0.2) is 0 Å². The highest BCUT2D eigenvalue weighted by Gasteiger charge is 2.37. The van der Waals surface area contributed by atoms with Gasteiger partial charge in [0.25, 0.3) is 0 Å². The number of fused-ring (bicyclic) bond motifs is 1. The molecule has 0 radical (unpaired) electrons. The molecule has 112 valence electrons. The Labute approximate surface area is 123 Å². The van der Waals surface area contributed by atoms with Gasteiger partial charge in [0.05, 0.1) is 0 Å². The molecule has 2 nitrogen and oxygen atoms in total. The Kier molecular flexibility index (Phi) is 4.74. The summed E-state index contributed by atoms with van der Waals surface area (Å²) in [5, 5.41) is 3.70. The van der Waals surface area contributed by atoms with Gasteiger partial charge in [-0.05, 0) is 45.2 Å². The van der Waals surface area contributed by atoms with Gasteiger partial charge in [-0.3, -0.25) is 0 Å². The summed E-state index contributed by atoms with van der Waals surface area (Å²) in [6, 6.07) is 6.99. The van der Waals surface area contributed by atoms with Crippen LogP contribution in [0.1, 0.15) is 64.1 Å². The van der Waals surface area contributed by atoms with Crippen LogP contribution in [-0.4, -0.2) is 12.1 Å². The van der Waals surface area contributed by atoms with Crippen LogP contribution in [0.15, 0.2) is 18.2 Å². The maximum Gasteiger partial charge on any atom is 0.124 e. The second-order valence-electron chi connectivity index (χ2n) is 6.90. The van der Waals surface area contributed by atoms with E-state index in [2.05, 4.69) is 58.1 Å². The maximum absolute atomic E-state index is 6.36. The monoisotopic (exact) mass is 275 g/mol. The SMILES string of the molecule is CCCNC1CC(C)(CC(C)C)Oc2ccc(C)cc21. The summed E-state index contributed by atoms with van der Waals surface area (Å²) in [6.07, 6.45) is 3.33. The summed E-state index contributed by atoms with van der Waals surface area (Å²) in [5.74, 6) is 1.72. The minimum Gasteiger partial charge on any atom is -0.487 e. The molecule has 0 spiro atoms. The molecule has 1 N–H and O–H groups in total. The van der Waals surface area contributed by atoms with Crippen molar-refractivity contribution in [3.05, 3.63) is 29.3 Å². The third-order valence-corrected chi connectivity index (χ3v) is 4.01. The minimum atomic E-state index is -0.0537. The average Bonchev–Trinajstić information content (AvgIpc) is 2.35. The van der Waals surface area contributed by atoms with Gasteiger partial charge in [0.1, 0.15) is 11.4 Å². The van der Waals surface area contributed by atoms with Gasteiger partial charge in [0.15, 0.2) is 0 Å². The summed E-state index contributed by atoms with van der Waals surface area (Å²) >= 11 is 0. The second-order valence-corrected chi connectivity index (χ2v) is 6.90. The molecule has 0 aromatic heterocycles. The third-order valence-electron chi connectivity index (χ3n) is 4.01. The predicted molar refractivity (Wildman–Crippen MR) is 85.3 cm³/mol. The zero-order chi connectivity index (χ0) is 14.8. The Morgan fingerprint density at radius 1 is 1.40 bits per heavy atom. The molecule has 2 heteroatoms. The Balaban J connectivity index is 2.28. The van der Waals surface area contributed by atoms with Gasteiger partial charge >= 0.3 is 0 Å². The van der Waals surface area contributed by atoms with E-state index in [1.165, 1.54) is 17.5 Å². The molecule has 2 rings (SSSR count). The molecular formula is C18H29NO. The third kappa shape index (κ3) is 3.54. The Morgan fingerprint density at radius 2 is 2.15 bits per heavy atom. The molecule has 0 amide bonds. The number of ether oxygens (including phenoxy) is 1. The van der Waals surface area contributed by atoms with Crippen LogP contribution in [0.4, 0.5) is 0 Å². The van der Waals surface area contributed by atoms with Crippen LogP contribution in [-0.2, 0) is 0 Å². The van der Waals surface area contributed by atoms with Gasteiger partial charge in [-0.1, -0.05) is 38.5 Å². The van der Waals surface area contributed by atoms with Crippen molar-refractivity contribution in [2.45, 2.75) is 65.5 Å². The van der Waals surface area contributed by atoms with Crippen LogP contribution >= 0.6 is 0 Å². The van der Waals surface area contributed by atoms with Crippen molar-refractivity contribution in [2.24, 2.45) is 5.92 Å². The van der Waals surface area contributed by atoms with Gasteiger partial charge in [0.2, 0.25) is 0 Å². The van der Waals surface area contributed by atoms with Crippen LogP contribution in [0.3, 0.4) is 0 Å². The number of hydrogen-bond acceptors (Lipinski definition) is 2. The zero-order valence-corrected chi connectivity index (χ0v) is 13.6. The number of hydrogen-bond donors (Lipinski definition) is 1. The lowest BCUT2D eigenvalue weighted by Crippen LogP contribution is -2.43. The molecule has 2 atom stereocenters. The highest BCUT2D eigenvalue weighted by Crippen LogP contribution is 2.42. The summed E-state index contributed by atoms with van der Waals surface area (Å²) in [4.78, 5) is 0. The fourth-order valence-corrected chi connectivity index (χ4v) is 3.37. The number of nitrogens with one attached hydrogen (secondary N) is 1. The van der Waals surface area contributed by atoms with Crippen molar-refractivity contribution in [3.8, 4) is 5.75 Å². The van der Waals surface area contributed by atoms with Crippen molar-refractivity contribution < 1.29 is 4.74 Å². The molecule has 0 bridgehead atoms. The van der Waals surface area contributed by atoms with Gasteiger partial charge in [0, 0.05) is 18.0 Å². The van der Waals surface area contributed by atoms with E-state index in [4.69, 9.17) is 4.74 Å². The van der Waals surface area contributed by atoms with Crippen LogP contribution in [0.5, 0.6) is 5.75 Å². The lowest BCUT2D eigenvalue weighted by molar-refractivity contribution is 0.0286. The van der Waals surface area contributed by atoms with Gasteiger partial charge < -0.3 is 10.1 Å². The molecule has 2 unspecified atom stereocenters. The van der Waals surface area contributed by atoms with Crippen LogP contribution in [0.25, 0.3) is 0 Å². The highest BCUT2D eigenvalue weighted by molar-refractivity contribution is 5.41. The van der Waals surface area contributed by atoms with E-state index in [1.54, 1.807) is 0 Å². The number of benzene rings is 1. The van der Waals surface area contributed by atoms with Crippen molar-refractivity contribution in [1.82, 2.24) is 5.32 Å². The Morgan fingerprint density at radius 3 is 2.80 bits per heavy atom. The number of rotatable bonds is 5. The summed E-state index contributed by atoms with van der Waals surface area (Å²) < 4.78 is 6.36. The first kappa shape index (κ1) is 15.4. The molecule has 0 aliphatic carbocycles. The van der Waals surface area contributed by atoms with Crippen molar-refractivity contribution in [3.63, 3.8) is 0 Å². The van der Waals surface area contributed by atoms with Crippen LogP contribution in [0, 0.1) is 12.8 Å². The molecule has 0 saturated carbocycles. The average molecular weight is 275 g/mol. The van der Waals surface area contributed by atoms with E-state index in [0.717, 1.165) is 25.1 Å². The predicted octanol–water partition coefficient (Wildman–Crippen LogP) is 4.62. The maximum atomic E-state index is 6.36. The van der Waals surface area contributed by atoms with E-state index in [-0.39, 0.29) is 5.60 Å². The van der Waals surface area contributed by atoms with E-state index < -0.39 is 0 Å². The molecule has 0 fully saturated rings. The fraction of sp³-hybridized carbons (Fsp3) is 0.667. The van der Waals surface area contributed by atoms with Crippen molar-refractivity contribution >= 4 is 0 Å². The van der Waals surface area contributed by atoms with E-state index in [1.807, 2.05) is 0 Å². The topological polar surface area (TPSA) is 21.3 Å². The zero-order valence-electron chi connectivity index (χ0n) is 13.6. The normalized spacial score (nSPS) is 25.4. The van der Waals surface area contributed by atoms with Crippen molar-refractivity contribution in [2.75, 3.05) is 6.54 Å². The highest BCUT2D eigenvalue weighted by atomic mass is 16.5. The molecule has 20 heavy (non-hydrogen) atoms. The Bertz CT molecular complexity index is 455. The van der Waals surface area contributed by atoms with E-state index >= 15 is 0 Å². The molecule has 1 aliphatic rings. The largest absolute Gasteiger partial charge is 0.487 e. The lowest BCUT2D eigenvalue weighted by Gasteiger charge is -2.41. The standard InChI is InChI=1S/C18H29NO/c1-6-9-19-16-12-18(5,11-13(2)3)20-17-8-7-14(4)10-15(16)17/h7-8,10,13,16,19H,6,9,11-12H2,1-5H3. The lowest BCUT2D eigenvalue weighted by atomic mass is 9.82. The summed E-state index contributed by atoms with van der Waals surface area (Å²) in [6.45, 7) is 12.2. The molecule has 1 aromatic rings. The quantitative estimate of drug-likeness (QED) is 0.846. The molecule has 1 aromatic carbocycles. The van der Waals surface area contributed by atoms with E-state index in [9.17, 15) is 0 Å². The molecular weight excluding hydrogens is 246 g/mol. The van der Waals surface area contributed by atoms with Crippen molar-refractivity contribution in [1.29, 1.82) is 0 Å². The number of aryl methyl sites for hydroxylation is 1. The van der Waals surface area contributed by atoms with E-state index in [0.29, 0.717) is 12.0 Å². The van der Waals surface area contributed by atoms with Crippen LogP contribution < -0.4 is 10.1 Å². The van der Waals surface area contributed by atoms with Crippen LogP contribution in [0.2, 0.25) is 0 Å². The molecule has 1 heterocycles. The molecule has 1 aliphatic heterocycles. The fourth-order valence-electron chi connectivity index (χ4n) is 3.37. The minimum absolute atomic E-state index is 0.0537. The first-order chi connectivity index (χ1) is 9.43. The summed E-state index contributed by atoms with van der Waals surface area (Å²) in [5.41, 5.74) is 2.59. The second kappa shape index (κ2) is 6.17. The smallest absolute Gasteiger partial charge is 0.124 e. The Hall–Kier alpha value is -1.02. The first-order valence-electron chi connectivity index (χ1n) is 7.96.